The number of carboxylic acids is 1. The third-order valence-electron chi connectivity index (χ3n) is 2.89. The summed E-state index contributed by atoms with van der Waals surface area (Å²) in [5.41, 5.74) is -0.936. The average Bonchev–Trinajstić information content (AvgIpc) is 2.86. The van der Waals surface area contributed by atoms with Crippen LogP contribution in [0.25, 0.3) is 6.08 Å². The molecule has 2 N–H and O–H groups in total. The van der Waals surface area contributed by atoms with Crippen molar-refractivity contribution in [3.63, 3.8) is 0 Å². The predicted molar refractivity (Wildman–Crippen MR) is 66.8 cm³/mol. The molecule has 5 nitrogen and oxygen atoms in total. The van der Waals surface area contributed by atoms with Gasteiger partial charge in [-0.25, -0.2) is 0 Å². The first-order valence-electron chi connectivity index (χ1n) is 5.71. The summed E-state index contributed by atoms with van der Waals surface area (Å²) in [6.07, 6.45) is 4.80. The highest BCUT2D eigenvalue weighted by atomic mass is 16.4. The van der Waals surface area contributed by atoms with Gasteiger partial charge in [0, 0.05) is 12.6 Å². The van der Waals surface area contributed by atoms with Crippen LogP contribution in [-0.4, -0.2) is 23.5 Å². The highest BCUT2D eigenvalue weighted by Crippen LogP contribution is 2.19. The summed E-state index contributed by atoms with van der Waals surface area (Å²) in [7, 11) is 0. The van der Waals surface area contributed by atoms with Gasteiger partial charge in [0.05, 0.1) is 11.7 Å². The number of furan rings is 1. The number of carbonyl (C=O) groups is 2. The molecule has 1 unspecified atom stereocenters. The van der Waals surface area contributed by atoms with E-state index >= 15 is 0 Å². The van der Waals surface area contributed by atoms with Crippen LogP contribution in [0.1, 0.15) is 26.0 Å². The molecule has 0 radical (unpaired) electrons. The molecule has 98 valence electrons. The Bertz CT molecular complexity index is 436. The fourth-order valence-corrected chi connectivity index (χ4v) is 1.24. The van der Waals surface area contributed by atoms with E-state index in [2.05, 4.69) is 5.32 Å². The summed E-state index contributed by atoms with van der Waals surface area (Å²) in [5, 5.41) is 11.6. The summed E-state index contributed by atoms with van der Waals surface area (Å²) < 4.78 is 5.03. The van der Waals surface area contributed by atoms with Crippen LogP contribution in [0, 0.1) is 5.41 Å². The molecule has 1 amide bonds. The largest absolute Gasteiger partial charge is 0.481 e. The second-order valence-corrected chi connectivity index (χ2v) is 4.29. The van der Waals surface area contributed by atoms with Crippen LogP contribution >= 0.6 is 0 Å². The van der Waals surface area contributed by atoms with Crippen molar-refractivity contribution in [1.82, 2.24) is 5.32 Å². The molecule has 0 spiro atoms. The molecule has 0 aliphatic heterocycles. The first-order valence-corrected chi connectivity index (χ1v) is 5.71. The van der Waals surface area contributed by atoms with Crippen molar-refractivity contribution in [3.8, 4) is 0 Å². The Morgan fingerprint density at radius 3 is 2.78 bits per heavy atom. The number of hydrogen-bond acceptors (Lipinski definition) is 3. The fourth-order valence-electron chi connectivity index (χ4n) is 1.24. The molecule has 0 aliphatic rings. The normalized spacial score (nSPS) is 14.3. The molecule has 1 atom stereocenters. The smallest absolute Gasteiger partial charge is 0.311 e. The van der Waals surface area contributed by atoms with Crippen LogP contribution in [0.2, 0.25) is 0 Å². The standard InChI is InChI=1S/C13H17NO4/c1-3-13(2,12(16)17)9-14-11(15)7-6-10-5-4-8-18-10/h4-8H,3,9H2,1-2H3,(H,14,15)(H,16,17)/b7-6+. The third kappa shape index (κ3) is 3.76. The number of rotatable bonds is 6. The van der Waals surface area contributed by atoms with E-state index in [0.29, 0.717) is 12.2 Å². The minimum atomic E-state index is -0.936. The molecule has 1 aromatic rings. The molecule has 1 aromatic heterocycles. The quantitative estimate of drug-likeness (QED) is 0.757. The van der Waals surface area contributed by atoms with Crippen molar-refractivity contribution < 1.29 is 19.1 Å². The number of hydrogen-bond donors (Lipinski definition) is 2. The number of carbonyl (C=O) groups excluding carboxylic acids is 1. The van der Waals surface area contributed by atoms with Crippen molar-refractivity contribution >= 4 is 18.0 Å². The van der Waals surface area contributed by atoms with Gasteiger partial charge in [-0.3, -0.25) is 9.59 Å². The van der Waals surface area contributed by atoms with Gasteiger partial charge in [0.25, 0.3) is 0 Å². The predicted octanol–water partition coefficient (Wildman–Crippen LogP) is 1.91. The van der Waals surface area contributed by atoms with E-state index in [9.17, 15) is 9.59 Å². The summed E-state index contributed by atoms with van der Waals surface area (Å²) in [6, 6.07) is 3.44. The number of amides is 1. The van der Waals surface area contributed by atoms with Gasteiger partial charge in [-0.05, 0) is 31.6 Å². The SMILES string of the molecule is CCC(C)(CNC(=O)/C=C/c1ccco1)C(=O)O. The summed E-state index contributed by atoms with van der Waals surface area (Å²) in [5.74, 6) is -0.686. The zero-order valence-electron chi connectivity index (χ0n) is 10.5. The van der Waals surface area contributed by atoms with Gasteiger partial charge >= 0.3 is 5.97 Å². The molecule has 18 heavy (non-hydrogen) atoms. The molecule has 1 heterocycles. The second-order valence-electron chi connectivity index (χ2n) is 4.29. The maximum absolute atomic E-state index is 11.5. The second kappa shape index (κ2) is 6.05. The minimum absolute atomic E-state index is 0.0974. The van der Waals surface area contributed by atoms with Crippen molar-refractivity contribution in [2.75, 3.05) is 6.54 Å². The van der Waals surface area contributed by atoms with Crippen molar-refractivity contribution in [2.24, 2.45) is 5.41 Å². The van der Waals surface area contributed by atoms with Crippen LogP contribution in [0.15, 0.2) is 28.9 Å². The van der Waals surface area contributed by atoms with Crippen molar-refractivity contribution in [2.45, 2.75) is 20.3 Å². The Labute approximate surface area is 105 Å². The van der Waals surface area contributed by atoms with E-state index in [1.54, 1.807) is 26.0 Å². The fraction of sp³-hybridized carbons (Fsp3) is 0.385. The van der Waals surface area contributed by atoms with Crippen molar-refractivity contribution in [3.05, 3.63) is 30.2 Å². The van der Waals surface area contributed by atoms with Gasteiger partial charge in [-0.2, -0.15) is 0 Å². The van der Waals surface area contributed by atoms with Gasteiger partial charge in [-0.15, -0.1) is 0 Å². The lowest BCUT2D eigenvalue weighted by Crippen LogP contribution is -2.40. The zero-order valence-corrected chi connectivity index (χ0v) is 10.5. The van der Waals surface area contributed by atoms with E-state index in [1.165, 1.54) is 18.4 Å². The topological polar surface area (TPSA) is 79.5 Å². The van der Waals surface area contributed by atoms with Gasteiger partial charge in [0.1, 0.15) is 5.76 Å². The summed E-state index contributed by atoms with van der Waals surface area (Å²) in [4.78, 5) is 22.5. The highest BCUT2D eigenvalue weighted by molar-refractivity contribution is 5.91. The molecule has 0 aliphatic carbocycles. The van der Waals surface area contributed by atoms with Crippen LogP contribution in [0.3, 0.4) is 0 Å². The maximum atomic E-state index is 11.5. The van der Waals surface area contributed by atoms with Crippen LogP contribution < -0.4 is 5.32 Å². The highest BCUT2D eigenvalue weighted by Gasteiger charge is 2.31. The lowest BCUT2D eigenvalue weighted by molar-refractivity contribution is -0.148. The molecule has 0 saturated carbocycles. The Hall–Kier alpha value is -2.04. The molecule has 5 heteroatoms. The molecule has 0 bridgehead atoms. The van der Waals surface area contributed by atoms with Crippen LogP contribution in [-0.2, 0) is 9.59 Å². The average molecular weight is 251 g/mol. The molecular formula is C13H17NO4. The lowest BCUT2D eigenvalue weighted by atomic mass is 9.88. The van der Waals surface area contributed by atoms with Gasteiger partial charge in [-0.1, -0.05) is 6.92 Å². The third-order valence-corrected chi connectivity index (χ3v) is 2.89. The first kappa shape index (κ1) is 14.0. The van der Waals surface area contributed by atoms with E-state index in [1.807, 2.05) is 0 Å². The van der Waals surface area contributed by atoms with Gasteiger partial charge in [0.15, 0.2) is 0 Å². The summed E-state index contributed by atoms with van der Waals surface area (Å²) in [6.45, 7) is 3.48. The van der Waals surface area contributed by atoms with E-state index in [-0.39, 0.29) is 12.5 Å². The number of nitrogens with one attached hydrogen (secondary N) is 1. The minimum Gasteiger partial charge on any atom is -0.481 e. The van der Waals surface area contributed by atoms with Crippen LogP contribution in [0.5, 0.6) is 0 Å². The van der Waals surface area contributed by atoms with Crippen molar-refractivity contribution in [1.29, 1.82) is 0 Å². The Kier molecular flexibility index (Phi) is 4.71. The first-order chi connectivity index (χ1) is 8.48. The number of carboxylic acid groups (broad SMARTS) is 1. The van der Waals surface area contributed by atoms with Gasteiger partial charge < -0.3 is 14.8 Å². The molecule has 0 saturated heterocycles. The maximum Gasteiger partial charge on any atom is 0.311 e. The molecule has 0 fully saturated rings. The van der Waals surface area contributed by atoms with E-state index in [4.69, 9.17) is 9.52 Å². The Morgan fingerprint density at radius 1 is 1.56 bits per heavy atom. The lowest BCUT2D eigenvalue weighted by Gasteiger charge is -2.22. The van der Waals surface area contributed by atoms with Crippen LogP contribution in [0.4, 0.5) is 0 Å². The van der Waals surface area contributed by atoms with Gasteiger partial charge in [0.2, 0.25) is 5.91 Å². The zero-order chi connectivity index (χ0) is 13.6. The van der Waals surface area contributed by atoms with E-state index in [0.717, 1.165) is 0 Å². The Morgan fingerprint density at radius 2 is 2.28 bits per heavy atom. The monoisotopic (exact) mass is 251 g/mol. The summed E-state index contributed by atoms with van der Waals surface area (Å²) >= 11 is 0. The number of aliphatic carboxylic acids is 1. The molecule has 0 aromatic carbocycles. The van der Waals surface area contributed by atoms with E-state index < -0.39 is 11.4 Å². The Balaban J connectivity index is 2.48. The molecular weight excluding hydrogens is 234 g/mol. The molecule has 1 rings (SSSR count).